The smallest absolute Gasteiger partial charge is 0.321 e. The number of nitriles is 1. The molecule has 1 aliphatic heterocycles. The molecule has 1 heterocycles. The molecule has 1 N–H and O–H groups in total. The molecule has 0 aliphatic carbocycles. The molecule has 0 saturated carbocycles. The lowest BCUT2D eigenvalue weighted by atomic mass is 10.0. The number of halogens is 2. The molecule has 2 aromatic rings. The molecule has 1 aliphatic rings. The number of amides is 2. The number of carbonyl (C=O) groups is 1. The number of piperidine rings is 1. The number of nitrogens with zero attached hydrogens (tertiary/aromatic N) is 3. The summed E-state index contributed by atoms with van der Waals surface area (Å²) in [4.78, 5) is 16.3. The van der Waals surface area contributed by atoms with E-state index in [1.54, 1.807) is 36.2 Å². The topological polar surface area (TPSA) is 59.4 Å². The van der Waals surface area contributed by atoms with E-state index in [0.717, 1.165) is 32.0 Å². The zero-order valence-corrected chi connectivity index (χ0v) is 15.7. The van der Waals surface area contributed by atoms with Crippen molar-refractivity contribution in [1.82, 2.24) is 9.80 Å². The van der Waals surface area contributed by atoms with Crippen LogP contribution in [-0.2, 0) is 0 Å². The Kier molecular flexibility index (Phi) is 6.22. The molecule has 1 fully saturated rings. The Morgan fingerprint density at radius 3 is 2.32 bits per heavy atom. The summed E-state index contributed by atoms with van der Waals surface area (Å²) in [5.41, 5.74) is 1.71. The van der Waals surface area contributed by atoms with Crippen LogP contribution in [0.5, 0.6) is 0 Å². The first-order valence-electron chi connectivity index (χ1n) is 9.16. The summed E-state index contributed by atoms with van der Waals surface area (Å²) in [6.07, 6.45) is 1.66. The van der Waals surface area contributed by atoms with Gasteiger partial charge in [-0.15, -0.1) is 0 Å². The fourth-order valence-electron chi connectivity index (χ4n) is 3.41. The van der Waals surface area contributed by atoms with Gasteiger partial charge < -0.3 is 10.2 Å². The zero-order valence-electron chi connectivity index (χ0n) is 15.7. The predicted molar refractivity (Wildman–Crippen MR) is 104 cm³/mol. The van der Waals surface area contributed by atoms with E-state index in [9.17, 15) is 13.6 Å². The van der Waals surface area contributed by atoms with Crippen molar-refractivity contribution in [3.05, 3.63) is 54.1 Å². The highest BCUT2D eigenvalue weighted by Gasteiger charge is 2.25. The number of anilines is 1. The molecule has 0 spiro atoms. The van der Waals surface area contributed by atoms with Gasteiger partial charge in [-0.2, -0.15) is 5.26 Å². The summed E-state index contributed by atoms with van der Waals surface area (Å²) in [5.74, 6) is -1.26. The second-order valence-electron chi connectivity index (χ2n) is 6.94. The van der Waals surface area contributed by atoms with Crippen LogP contribution in [0.2, 0.25) is 0 Å². The first-order valence-corrected chi connectivity index (χ1v) is 9.16. The molecule has 28 heavy (non-hydrogen) atoms. The molecular weight excluding hydrogens is 362 g/mol. The minimum absolute atomic E-state index is 0.129. The van der Waals surface area contributed by atoms with E-state index in [-0.39, 0.29) is 12.1 Å². The highest BCUT2D eigenvalue weighted by molar-refractivity contribution is 5.89. The van der Waals surface area contributed by atoms with Gasteiger partial charge in [0.2, 0.25) is 0 Å². The Morgan fingerprint density at radius 2 is 1.75 bits per heavy atom. The summed E-state index contributed by atoms with van der Waals surface area (Å²) in [6.45, 7) is 2.02. The van der Waals surface area contributed by atoms with Crippen molar-refractivity contribution >= 4 is 11.7 Å². The Labute approximate surface area is 163 Å². The van der Waals surface area contributed by atoms with Gasteiger partial charge in [0, 0.05) is 37.9 Å². The third-order valence-corrected chi connectivity index (χ3v) is 5.05. The van der Waals surface area contributed by atoms with E-state index in [1.165, 1.54) is 12.1 Å². The number of rotatable bonds is 4. The van der Waals surface area contributed by atoms with Gasteiger partial charge in [-0.05, 0) is 48.2 Å². The van der Waals surface area contributed by atoms with E-state index < -0.39 is 11.6 Å². The first kappa shape index (κ1) is 19.8. The summed E-state index contributed by atoms with van der Waals surface area (Å²) >= 11 is 0. The summed E-state index contributed by atoms with van der Waals surface area (Å²) < 4.78 is 26.8. The molecule has 0 bridgehead atoms. The van der Waals surface area contributed by atoms with Crippen LogP contribution in [0, 0.1) is 23.0 Å². The average Bonchev–Trinajstić information content (AvgIpc) is 2.68. The van der Waals surface area contributed by atoms with Crippen LogP contribution >= 0.6 is 0 Å². The van der Waals surface area contributed by atoms with Crippen molar-refractivity contribution in [3.8, 4) is 17.2 Å². The summed E-state index contributed by atoms with van der Waals surface area (Å²) in [6, 6.07) is 12.3. The Bertz CT molecular complexity index is 851. The molecule has 5 nitrogen and oxygen atoms in total. The van der Waals surface area contributed by atoms with Crippen molar-refractivity contribution in [2.45, 2.75) is 18.9 Å². The van der Waals surface area contributed by atoms with Gasteiger partial charge >= 0.3 is 6.03 Å². The minimum atomic E-state index is -0.630. The highest BCUT2D eigenvalue weighted by atomic mass is 19.1. The van der Waals surface area contributed by atoms with Gasteiger partial charge in [0.25, 0.3) is 0 Å². The monoisotopic (exact) mass is 384 g/mol. The fourth-order valence-corrected chi connectivity index (χ4v) is 3.41. The fraction of sp³-hybridized carbons (Fsp3) is 0.333. The molecule has 2 aromatic carbocycles. The van der Waals surface area contributed by atoms with Crippen LogP contribution in [0.1, 0.15) is 12.8 Å². The van der Waals surface area contributed by atoms with Gasteiger partial charge in [-0.1, -0.05) is 12.1 Å². The van der Waals surface area contributed by atoms with E-state index in [0.29, 0.717) is 23.4 Å². The molecule has 0 radical (unpaired) electrons. The van der Waals surface area contributed by atoms with E-state index in [4.69, 9.17) is 5.26 Å². The predicted octanol–water partition coefficient (Wildman–Crippen LogP) is 4.08. The Hall–Kier alpha value is -2.98. The number of urea groups is 1. The summed E-state index contributed by atoms with van der Waals surface area (Å²) in [7, 11) is 1.77. The van der Waals surface area contributed by atoms with Gasteiger partial charge in [0.15, 0.2) is 0 Å². The lowest BCUT2D eigenvalue weighted by molar-refractivity contribution is 0.149. The standard InChI is InChI=1S/C21H22F2N4O/c1-26(20-6-9-27(10-7-20)11-8-24)21(28)25-19-4-2-15(3-5-19)16-12-17(22)14-18(23)13-16/h2-5,12-14,20H,6-7,9-11H2,1H3,(H,25,28). The van der Waals surface area contributed by atoms with Gasteiger partial charge in [0.05, 0.1) is 12.6 Å². The maximum atomic E-state index is 13.4. The average molecular weight is 384 g/mol. The van der Waals surface area contributed by atoms with Gasteiger partial charge in [-0.25, -0.2) is 13.6 Å². The molecule has 0 atom stereocenters. The van der Waals surface area contributed by atoms with Gasteiger partial charge in [-0.3, -0.25) is 4.90 Å². The maximum absolute atomic E-state index is 13.4. The van der Waals surface area contributed by atoms with Crippen LogP contribution < -0.4 is 5.32 Å². The molecular formula is C21H22F2N4O. The number of carbonyl (C=O) groups excluding carboxylic acids is 1. The quantitative estimate of drug-likeness (QED) is 0.808. The number of hydrogen-bond donors (Lipinski definition) is 1. The Morgan fingerprint density at radius 1 is 1.14 bits per heavy atom. The van der Waals surface area contributed by atoms with Crippen LogP contribution in [0.4, 0.5) is 19.3 Å². The zero-order chi connectivity index (χ0) is 20.1. The molecule has 146 valence electrons. The van der Waals surface area contributed by atoms with Crippen molar-refractivity contribution in [2.75, 3.05) is 32.0 Å². The number of likely N-dealkylation sites (tertiary alicyclic amines) is 1. The maximum Gasteiger partial charge on any atom is 0.321 e. The largest absolute Gasteiger partial charge is 0.325 e. The molecule has 2 amide bonds. The van der Waals surface area contributed by atoms with Crippen LogP contribution in [0.25, 0.3) is 11.1 Å². The van der Waals surface area contributed by atoms with Crippen LogP contribution in [0.15, 0.2) is 42.5 Å². The van der Waals surface area contributed by atoms with Crippen molar-refractivity contribution in [3.63, 3.8) is 0 Å². The highest BCUT2D eigenvalue weighted by Crippen LogP contribution is 2.24. The molecule has 0 unspecified atom stereocenters. The van der Waals surface area contributed by atoms with E-state index in [2.05, 4.69) is 16.3 Å². The SMILES string of the molecule is CN(C(=O)Nc1ccc(-c2cc(F)cc(F)c2)cc1)C1CCN(CC#N)CC1. The van der Waals surface area contributed by atoms with E-state index >= 15 is 0 Å². The third-order valence-electron chi connectivity index (χ3n) is 5.05. The summed E-state index contributed by atoms with van der Waals surface area (Å²) in [5, 5.41) is 11.6. The van der Waals surface area contributed by atoms with Crippen molar-refractivity contribution < 1.29 is 13.6 Å². The Balaban J connectivity index is 1.59. The normalized spacial score (nSPS) is 15.1. The first-order chi connectivity index (χ1) is 13.5. The molecule has 1 saturated heterocycles. The van der Waals surface area contributed by atoms with Crippen LogP contribution in [-0.4, -0.2) is 48.6 Å². The minimum Gasteiger partial charge on any atom is -0.325 e. The van der Waals surface area contributed by atoms with Crippen molar-refractivity contribution in [1.29, 1.82) is 5.26 Å². The third kappa shape index (κ3) is 4.84. The second-order valence-corrected chi connectivity index (χ2v) is 6.94. The molecule has 0 aromatic heterocycles. The number of nitrogens with one attached hydrogen (secondary N) is 1. The second kappa shape index (κ2) is 8.81. The molecule has 7 heteroatoms. The number of benzene rings is 2. The number of hydrogen-bond acceptors (Lipinski definition) is 3. The van der Waals surface area contributed by atoms with E-state index in [1.807, 2.05) is 0 Å². The molecule has 3 rings (SSSR count). The van der Waals surface area contributed by atoms with Crippen molar-refractivity contribution in [2.24, 2.45) is 0 Å². The van der Waals surface area contributed by atoms with Gasteiger partial charge in [0.1, 0.15) is 11.6 Å². The lowest BCUT2D eigenvalue weighted by Gasteiger charge is -2.35. The van der Waals surface area contributed by atoms with Crippen LogP contribution in [0.3, 0.4) is 0 Å². The lowest BCUT2D eigenvalue weighted by Crippen LogP contribution is -2.46.